The monoisotopic (exact) mass is 361 g/mol. The van der Waals surface area contributed by atoms with E-state index >= 15 is 0 Å². The van der Waals surface area contributed by atoms with Crippen molar-refractivity contribution in [3.8, 4) is 6.07 Å². The molecule has 1 aliphatic heterocycles. The minimum atomic E-state index is -3.55. The Morgan fingerprint density at radius 1 is 1.00 bits per heavy atom. The number of hydrogen-bond donors (Lipinski definition) is 0. The second kappa shape index (κ2) is 6.81. The average molecular weight is 362 g/mol. The van der Waals surface area contributed by atoms with Gasteiger partial charge in [0.25, 0.3) is 0 Å². The van der Waals surface area contributed by atoms with Crippen LogP contribution in [0.1, 0.15) is 5.56 Å². The maximum absolute atomic E-state index is 12.7. The smallest absolute Gasteiger partial charge is 0.243 e. The lowest BCUT2D eigenvalue weighted by molar-refractivity contribution is 0.385. The Kier molecular flexibility index (Phi) is 4.76. The molecule has 2 aromatic rings. The quantitative estimate of drug-likeness (QED) is 0.843. The molecule has 1 saturated heterocycles. The van der Waals surface area contributed by atoms with Crippen molar-refractivity contribution in [1.29, 1.82) is 5.26 Å². The molecule has 0 saturated carbocycles. The van der Waals surface area contributed by atoms with Crippen molar-refractivity contribution in [2.75, 3.05) is 31.1 Å². The third-order valence-corrected chi connectivity index (χ3v) is 6.17. The molecule has 0 aliphatic carbocycles. The van der Waals surface area contributed by atoms with Crippen LogP contribution in [0.2, 0.25) is 5.02 Å². The number of piperazine rings is 1. The van der Waals surface area contributed by atoms with Crippen LogP contribution in [0.5, 0.6) is 0 Å². The van der Waals surface area contributed by atoms with Crippen molar-refractivity contribution in [3.05, 3.63) is 59.1 Å². The molecule has 3 rings (SSSR count). The van der Waals surface area contributed by atoms with Crippen LogP contribution in [-0.4, -0.2) is 38.9 Å². The van der Waals surface area contributed by atoms with Gasteiger partial charge in [-0.05, 0) is 30.3 Å². The number of hydrogen-bond acceptors (Lipinski definition) is 4. The fourth-order valence-electron chi connectivity index (χ4n) is 2.79. The lowest BCUT2D eigenvalue weighted by atomic mass is 10.1. The molecular weight excluding hydrogens is 346 g/mol. The summed E-state index contributed by atoms with van der Waals surface area (Å²) in [5.41, 5.74) is 1.45. The summed E-state index contributed by atoms with van der Waals surface area (Å²) in [6.45, 7) is 1.82. The van der Waals surface area contributed by atoms with Gasteiger partial charge in [0.1, 0.15) is 6.07 Å². The molecule has 0 N–H and O–H groups in total. The van der Waals surface area contributed by atoms with Crippen LogP contribution in [-0.2, 0) is 10.0 Å². The van der Waals surface area contributed by atoms with Gasteiger partial charge in [-0.25, -0.2) is 8.42 Å². The zero-order valence-corrected chi connectivity index (χ0v) is 14.5. The molecule has 0 unspecified atom stereocenters. The summed E-state index contributed by atoms with van der Waals surface area (Å²) in [6, 6.07) is 15.8. The maximum atomic E-state index is 12.7. The van der Waals surface area contributed by atoms with E-state index in [0.29, 0.717) is 36.8 Å². The van der Waals surface area contributed by atoms with Crippen molar-refractivity contribution in [2.24, 2.45) is 0 Å². The van der Waals surface area contributed by atoms with E-state index in [1.54, 1.807) is 24.3 Å². The molecule has 0 spiro atoms. The fraction of sp³-hybridized carbons (Fsp3) is 0.235. The summed E-state index contributed by atoms with van der Waals surface area (Å²) in [4.78, 5) is 2.25. The predicted molar refractivity (Wildman–Crippen MR) is 93.6 cm³/mol. The molecule has 7 heteroatoms. The van der Waals surface area contributed by atoms with Gasteiger partial charge in [-0.15, -0.1) is 0 Å². The zero-order valence-electron chi connectivity index (χ0n) is 12.9. The lowest BCUT2D eigenvalue weighted by Crippen LogP contribution is -2.48. The van der Waals surface area contributed by atoms with E-state index in [1.807, 2.05) is 23.1 Å². The largest absolute Gasteiger partial charge is 0.368 e. The molecule has 1 fully saturated rings. The molecule has 0 radical (unpaired) electrons. The van der Waals surface area contributed by atoms with Crippen LogP contribution >= 0.6 is 11.6 Å². The first-order chi connectivity index (χ1) is 11.5. The third-order valence-electron chi connectivity index (χ3n) is 4.04. The van der Waals surface area contributed by atoms with E-state index in [0.717, 1.165) is 5.69 Å². The number of anilines is 1. The van der Waals surface area contributed by atoms with Gasteiger partial charge >= 0.3 is 0 Å². The van der Waals surface area contributed by atoms with Crippen molar-refractivity contribution < 1.29 is 8.42 Å². The Morgan fingerprint density at radius 3 is 2.38 bits per heavy atom. The van der Waals surface area contributed by atoms with E-state index in [9.17, 15) is 13.7 Å². The summed E-state index contributed by atoms with van der Waals surface area (Å²) in [7, 11) is -3.55. The number of benzene rings is 2. The molecule has 2 aromatic carbocycles. The maximum Gasteiger partial charge on any atom is 0.243 e. The standard InChI is InChI=1S/C17H16ClN3O2S/c18-15-5-3-6-16(12-15)24(22,23)21-10-8-20(9-11-21)17-7-2-1-4-14(17)13-19/h1-7,12H,8-11H2. The molecule has 0 bridgehead atoms. The van der Waals surface area contributed by atoms with Gasteiger partial charge < -0.3 is 4.90 Å². The van der Waals surface area contributed by atoms with Crippen LogP contribution in [0.3, 0.4) is 0 Å². The first-order valence-corrected chi connectivity index (χ1v) is 9.34. The van der Waals surface area contributed by atoms with Crippen molar-refractivity contribution >= 4 is 27.3 Å². The van der Waals surface area contributed by atoms with Crippen LogP contribution in [0, 0.1) is 11.3 Å². The van der Waals surface area contributed by atoms with Gasteiger partial charge in [0, 0.05) is 31.2 Å². The molecule has 0 amide bonds. The van der Waals surface area contributed by atoms with E-state index < -0.39 is 10.0 Å². The Labute approximate surface area is 146 Å². The van der Waals surface area contributed by atoms with Gasteiger partial charge in [-0.3, -0.25) is 0 Å². The van der Waals surface area contributed by atoms with Crippen molar-refractivity contribution in [1.82, 2.24) is 4.31 Å². The summed E-state index contributed by atoms with van der Waals surface area (Å²) >= 11 is 5.90. The van der Waals surface area contributed by atoms with Gasteiger partial charge in [0.2, 0.25) is 10.0 Å². The number of sulfonamides is 1. The van der Waals surface area contributed by atoms with Crippen LogP contribution < -0.4 is 4.90 Å². The van der Waals surface area contributed by atoms with E-state index in [-0.39, 0.29) is 4.90 Å². The van der Waals surface area contributed by atoms with Gasteiger partial charge in [0.15, 0.2) is 0 Å². The molecule has 5 nitrogen and oxygen atoms in total. The van der Waals surface area contributed by atoms with Gasteiger partial charge in [0.05, 0.1) is 16.1 Å². The number of nitriles is 1. The Hall–Kier alpha value is -2.07. The number of para-hydroxylation sites is 1. The summed E-state index contributed by atoms with van der Waals surface area (Å²) in [5, 5.41) is 9.61. The van der Waals surface area contributed by atoms with Crippen molar-refractivity contribution in [3.63, 3.8) is 0 Å². The highest BCUT2D eigenvalue weighted by molar-refractivity contribution is 7.89. The molecule has 0 aromatic heterocycles. The Bertz CT molecular complexity index is 885. The second-order valence-electron chi connectivity index (χ2n) is 5.48. The first kappa shape index (κ1) is 16.8. The van der Waals surface area contributed by atoms with Crippen LogP contribution in [0.25, 0.3) is 0 Å². The van der Waals surface area contributed by atoms with Crippen LogP contribution in [0.15, 0.2) is 53.4 Å². The normalized spacial score (nSPS) is 15.9. The molecule has 24 heavy (non-hydrogen) atoms. The average Bonchev–Trinajstić information content (AvgIpc) is 2.62. The molecule has 0 atom stereocenters. The minimum absolute atomic E-state index is 0.209. The molecule has 124 valence electrons. The first-order valence-electron chi connectivity index (χ1n) is 7.52. The van der Waals surface area contributed by atoms with Crippen molar-refractivity contribution in [2.45, 2.75) is 4.90 Å². The molecule has 1 aliphatic rings. The van der Waals surface area contributed by atoms with E-state index in [1.165, 1.54) is 10.4 Å². The Balaban J connectivity index is 1.77. The predicted octanol–water partition coefficient (Wildman–Crippen LogP) is 2.72. The molecule has 1 heterocycles. The SMILES string of the molecule is N#Cc1ccccc1N1CCN(S(=O)(=O)c2cccc(Cl)c2)CC1. The summed E-state index contributed by atoms with van der Waals surface area (Å²) in [5.74, 6) is 0. The van der Waals surface area contributed by atoms with Crippen LogP contribution in [0.4, 0.5) is 5.69 Å². The Morgan fingerprint density at radius 2 is 1.71 bits per heavy atom. The number of nitrogens with zero attached hydrogens (tertiary/aromatic N) is 3. The highest BCUT2D eigenvalue weighted by atomic mass is 35.5. The highest BCUT2D eigenvalue weighted by Crippen LogP contribution is 2.24. The third kappa shape index (κ3) is 3.24. The number of halogens is 1. The minimum Gasteiger partial charge on any atom is -0.368 e. The summed E-state index contributed by atoms with van der Waals surface area (Å²) < 4.78 is 26.9. The van der Waals surface area contributed by atoms with Gasteiger partial charge in [-0.2, -0.15) is 9.57 Å². The van der Waals surface area contributed by atoms with E-state index in [2.05, 4.69) is 6.07 Å². The molecular formula is C17H16ClN3O2S. The number of rotatable bonds is 3. The summed E-state index contributed by atoms with van der Waals surface area (Å²) in [6.07, 6.45) is 0. The lowest BCUT2D eigenvalue weighted by Gasteiger charge is -2.35. The van der Waals surface area contributed by atoms with Gasteiger partial charge in [-0.1, -0.05) is 29.8 Å². The zero-order chi connectivity index (χ0) is 17.2. The fourth-order valence-corrected chi connectivity index (χ4v) is 4.51. The second-order valence-corrected chi connectivity index (χ2v) is 7.85. The van der Waals surface area contributed by atoms with E-state index in [4.69, 9.17) is 11.6 Å². The topological polar surface area (TPSA) is 64.4 Å². The highest BCUT2D eigenvalue weighted by Gasteiger charge is 2.29.